The Bertz CT molecular complexity index is 276. The average Bonchev–Trinajstić information content (AvgIpc) is 2.22. The van der Waals surface area contributed by atoms with E-state index in [1.807, 2.05) is 0 Å². The summed E-state index contributed by atoms with van der Waals surface area (Å²) in [6, 6.07) is 8.97. The quantitative estimate of drug-likeness (QED) is 0.656. The predicted octanol–water partition coefficient (Wildman–Crippen LogP) is 5.05. The first-order valence-electron chi connectivity index (χ1n) is 5.89. The molecule has 0 radical (unpaired) electrons. The van der Waals surface area contributed by atoms with Gasteiger partial charge in [-0.15, -0.1) is 0 Å². The van der Waals surface area contributed by atoms with Crippen LogP contribution in [-0.2, 0) is 0 Å². The van der Waals surface area contributed by atoms with Crippen LogP contribution in [0.4, 0.5) is 0 Å². The van der Waals surface area contributed by atoms with Crippen LogP contribution in [-0.4, -0.2) is 4.83 Å². The molecule has 0 aromatic heterocycles. The SMILES string of the molecule is CCCC(Br)C(CC)c1ccc(C)cc1. The van der Waals surface area contributed by atoms with E-state index >= 15 is 0 Å². The van der Waals surface area contributed by atoms with Gasteiger partial charge in [0, 0.05) is 4.83 Å². The van der Waals surface area contributed by atoms with Crippen molar-refractivity contribution in [3.8, 4) is 0 Å². The van der Waals surface area contributed by atoms with Crippen molar-refractivity contribution in [2.75, 3.05) is 0 Å². The molecule has 15 heavy (non-hydrogen) atoms. The van der Waals surface area contributed by atoms with Gasteiger partial charge < -0.3 is 0 Å². The van der Waals surface area contributed by atoms with Crippen LogP contribution in [0, 0.1) is 6.92 Å². The number of hydrogen-bond donors (Lipinski definition) is 0. The van der Waals surface area contributed by atoms with E-state index in [0.29, 0.717) is 10.7 Å². The lowest BCUT2D eigenvalue weighted by molar-refractivity contribution is 0.593. The lowest BCUT2D eigenvalue weighted by Gasteiger charge is -2.21. The van der Waals surface area contributed by atoms with Crippen LogP contribution in [0.2, 0.25) is 0 Å². The predicted molar refractivity (Wildman–Crippen MR) is 71.8 cm³/mol. The van der Waals surface area contributed by atoms with Gasteiger partial charge in [-0.1, -0.05) is 66.0 Å². The van der Waals surface area contributed by atoms with Crippen molar-refractivity contribution in [3.63, 3.8) is 0 Å². The summed E-state index contributed by atoms with van der Waals surface area (Å²) in [5.74, 6) is 0.658. The highest BCUT2D eigenvalue weighted by molar-refractivity contribution is 9.09. The van der Waals surface area contributed by atoms with Crippen LogP contribution in [0.25, 0.3) is 0 Å². The Hall–Kier alpha value is -0.300. The molecule has 0 heterocycles. The lowest BCUT2D eigenvalue weighted by Crippen LogP contribution is -2.11. The molecule has 1 aromatic rings. The third-order valence-corrected chi connectivity index (χ3v) is 4.04. The van der Waals surface area contributed by atoms with Gasteiger partial charge in [0.1, 0.15) is 0 Å². The normalized spacial score (nSPS) is 14.9. The van der Waals surface area contributed by atoms with Crippen molar-refractivity contribution in [2.24, 2.45) is 0 Å². The zero-order valence-corrected chi connectivity index (χ0v) is 11.5. The Labute approximate surface area is 102 Å². The van der Waals surface area contributed by atoms with Crippen molar-refractivity contribution in [2.45, 2.75) is 50.8 Å². The van der Waals surface area contributed by atoms with Crippen LogP contribution in [0.3, 0.4) is 0 Å². The third kappa shape index (κ3) is 3.64. The molecule has 0 spiro atoms. The highest BCUT2D eigenvalue weighted by atomic mass is 79.9. The molecule has 2 atom stereocenters. The van der Waals surface area contributed by atoms with Gasteiger partial charge in [0.2, 0.25) is 0 Å². The Morgan fingerprint density at radius 2 is 1.73 bits per heavy atom. The molecule has 84 valence electrons. The Kier molecular flexibility index (Phi) is 5.38. The Morgan fingerprint density at radius 1 is 1.13 bits per heavy atom. The highest BCUT2D eigenvalue weighted by Crippen LogP contribution is 2.31. The lowest BCUT2D eigenvalue weighted by atomic mass is 9.91. The second-order valence-corrected chi connectivity index (χ2v) is 5.41. The van der Waals surface area contributed by atoms with Crippen molar-refractivity contribution in [1.82, 2.24) is 0 Å². The molecule has 0 nitrogen and oxygen atoms in total. The molecule has 0 bridgehead atoms. The van der Waals surface area contributed by atoms with Gasteiger partial charge in [-0.05, 0) is 31.2 Å². The maximum absolute atomic E-state index is 3.82. The van der Waals surface area contributed by atoms with Crippen molar-refractivity contribution in [1.29, 1.82) is 0 Å². The summed E-state index contributed by atoms with van der Waals surface area (Å²) in [6.07, 6.45) is 3.71. The summed E-state index contributed by atoms with van der Waals surface area (Å²) in [7, 11) is 0. The summed E-state index contributed by atoms with van der Waals surface area (Å²) >= 11 is 3.82. The summed E-state index contributed by atoms with van der Waals surface area (Å²) < 4.78 is 0. The summed E-state index contributed by atoms with van der Waals surface area (Å²) in [4.78, 5) is 0.621. The van der Waals surface area contributed by atoms with Gasteiger partial charge in [-0.3, -0.25) is 0 Å². The molecule has 0 aliphatic rings. The first kappa shape index (κ1) is 12.8. The fraction of sp³-hybridized carbons (Fsp3) is 0.571. The van der Waals surface area contributed by atoms with Gasteiger partial charge >= 0.3 is 0 Å². The topological polar surface area (TPSA) is 0 Å². The van der Waals surface area contributed by atoms with Crippen molar-refractivity contribution < 1.29 is 0 Å². The van der Waals surface area contributed by atoms with Crippen molar-refractivity contribution in [3.05, 3.63) is 35.4 Å². The number of aryl methyl sites for hydroxylation is 1. The molecular formula is C14H21Br. The first-order valence-corrected chi connectivity index (χ1v) is 6.81. The standard InChI is InChI=1S/C14H21Br/c1-4-6-14(15)13(5-2)12-9-7-11(3)8-10-12/h7-10,13-14H,4-6H2,1-3H3. The maximum Gasteiger partial charge on any atom is 0.0214 e. The molecule has 1 aromatic carbocycles. The van der Waals surface area contributed by atoms with Gasteiger partial charge in [0.25, 0.3) is 0 Å². The molecule has 0 saturated carbocycles. The first-order chi connectivity index (χ1) is 7.19. The second-order valence-electron chi connectivity index (χ2n) is 4.23. The molecule has 0 N–H and O–H groups in total. The number of benzene rings is 1. The monoisotopic (exact) mass is 268 g/mol. The van der Waals surface area contributed by atoms with E-state index in [0.717, 1.165) is 0 Å². The number of halogens is 1. The average molecular weight is 269 g/mol. The number of hydrogen-bond acceptors (Lipinski definition) is 0. The molecule has 0 saturated heterocycles. The number of alkyl halides is 1. The molecular weight excluding hydrogens is 248 g/mol. The van der Waals surface area contributed by atoms with E-state index in [1.165, 1.54) is 30.4 Å². The summed E-state index contributed by atoms with van der Waals surface area (Å²) in [6.45, 7) is 6.66. The Morgan fingerprint density at radius 3 is 2.20 bits per heavy atom. The maximum atomic E-state index is 3.82. The third-order valence-electron chi connectivity index (χ3n) is 2.95. The van der Waals surface area contributed by atoms with Crippen LogP contribution in [0.1, 0.15) is 50.2 Å². The molecule has 2 unspecified atom stereocenters. The minimum Gasteiger partial charge on any atom is -0.0884 e. The molecule has 1 heteroatoms. The van der Waals surface area contributed by atoms with E-state index in [1.54, 1.807) is 0 Å². The smallest absolute Gasteiger partial charge is 0.0214 e. The fourth-order valence-electron chi connectivity index (χ4n) is 1.99. The molecule has 0 fully saturated rings. The Balaban J connectivity index is 2.77. The van der Waals surface area contributed by atoms with E-state index in [-0.39, 0.29) is 0 Å². The van der Waals surface area contributed by atoms with Gasteiger partial charge in [0.05, 0.1) is 0 Å². The van der Waals surface area contributed by atoms with Crippen LogP contribution >= 0.6 is 15.9 Å². The van der Waals surface area contributed by atoms with E-state index < -0.39 is 0 Å². The van der Waals surface area contributed by atoms with E-state index in [4.69, 9.17) is 0 Å². The largest absolute Gasteiger partial charge is 0.0884 e. The van der Waals surface area contributed by atoms with Crippen molar-refractivity contribution >= 4 is 15.9 Å². The van der Waals surface area contributed by atoms with Crippen LogP contribution < -0.4 is 0 Å². The minimum absolute atomic E-state index is 0.621. The highest BCUT2D eigenvalue weighted by Gasteiger charge is 2.17. The molecule has 0 aliphatic heterocycles. The van der Waals surface area contributed by atoms with Crippen LogP contribution in [0.15, 0.2) is 24.3 Å². The van der Waals surface area contributed by atoms with E-state index in [9.17, 15) is 0 Å². The second kappa shape index (κ2) is 6.32. The zero-order valence-electron chi connectivity index (χ0n) is 9.96. The fourth-order valence-corrected chi connectivity index (χ4v) is 3.13. The molecule has 1 rings (SSSR count). The van der Waals surface area contributed by atoms with Gasteiger partial charge in [-0.2, -0.15) is 0 Å². The van der Waals surface area contributed by atoms with Gasteiger partial charge in [-0.25, -0.2) is 0 Å². The van der Waals surface area contributed by atoms with Crippen LogP contribution in [0.5, 0.6) is 0 Å². The van der Waals surface area contributed by atoms with E-state index in [2.05, 4.69) is 61.0 Å². The van der Waals surface area contributed by atoms with Gasteiger partial charge in [0.15, 0.2) is 0 Å². The minimum atomic E-state index is 0.621. The summed E-state index contributed by atoms with van der Waals surface area (Å²) in [5, 5.41) is 0. The molecule has 0 amide bonds. The molecule has 0 aliphatic carbocycles. The number of rotatable bonds is 5. The summed E-state index contributed by atoms with van der Waals surface area (Å²) in [5.41, 5.74) is 2.81. The zero-order chi connectivity index (χ0) is 11.3.